The minimum Gasteiger partial charge on any atom is -0.493 e. The predicted molar refractivity (Wildman–Crippen MR) is 113 cm³/mol. The zero-order chi connectivity index (χ0) is 20.5. The summed E-state index contributed by atoms with van der Waals surface area (Å²) >= 11 is 0. The Balaban J connectivity index is 1.86. The lowest BCUT2D eigenvalue weighted by atomic mass is 9.92. The molecule has 0 atom stereocenters. The number of rotatable bonds is 9. The van der Waals surface area contributed by atoms with E-state index in [-0.39, 0.29) is 31.4 Å². The van der Waals surface area contributed by atoms with Gasteiger partial charge in [0.05, 0.1) is 19.6 Å². The van der Waals surface area contributed by atoms with Gasteiger partial charge >= 0.3 is 0 Å². The summed E-state index contributed by atoms with van der Waals surface area (Å²) in [5.41, 5.74) is 3.06. The van der Waals surface area contributed by atoms with Gasteiger partial charge in [0.1, 0.15) is 5.75 Å². The molecule has 2 amide bonds. The molecule has 2 aromatic carbocycles. The maximum absolute atomic E-state index is 12.4. The summed E-state index contributed by atoms with van der Waals surface area (Å²) < 4.78 is 5.50. The fourth-order valence-corrected chi connectivity index (χ4v) is 2.92. The van der Waals surface area contributed by atoms with Gasteiger partial charge in [-0.3, -0.25) is 9.59 Å². The van der Waals surface area contributed by atoms with Crippen molar-refractivity contribution in [3.8, 4) is 5.75 Å². The van der Waals surface area contributed by atoms with Gasteiger partial charge in [-0.2, -0.15) is 0 Å². The fraction of sp³-hybridized carbons (Fsp3) is 0.391. The summed E-state index contributed by atoms with van der Waals surface area (Å²) in [6.07, 6.45) is 0.196. The van der Waals surface area contributed by atoms with E-state index in [9.17, 15) is 9.59 Å². The number of carbonyl (C=O) groups is 2. The van der Waals surface area contributed by atoms with Crippen molar-refractivity contribution < 1.29 is 14.3 Å². The molecule has 0 saturated heterocycles. The molecule has 0 aliphatic carbocycles. The Kier molecular flexibility index (Phi) is 8.05. The standard InChI is InChI=1S/C23H30N2O3/c1-16(2)19-11-8-12-20(17(3)4)23(19)25-22(27)15-24-21(26)13-14-28-18-9-6-5-7-10-18/h5-12,16-17H,13-15H2,1-4H3,(H,24,26)(H,25,27). The molecular weight excluding hydrogens is 352 g/mol. The summed E-state index contributed by atoms with van der Waals surface area (Å²) in [4.78, 5) is 24.4. The zero-order valence-electron chi connectivity index (χ0n) is 17.1. The van der Waals surface area contributed by atoms with E-state index in [4.69, 9.17) is 4.74 Å². The Labute approximate surface area is 167 Å². The van der Waals surface area contributed by atoms with Crippen LogP contribution in [0.25, 0.3) is 0 Å². The van der Waals surface area contributed by atoms with Crippen LogP contribution in [-0.4, -0.2) is 25.0 Å². The van der Waals surface area contributed by atoms with Crippen LogP contribution in [0.4, 0.5) is 5.69 Å². The molecule has 28 heavy (non-hydrogen) atoms. The number of para-hydroxylation sites is 2. The smallest absolute Gasteiger partial charge is 0.243 e. The molecule has 0 unspecified atom stereocenters. The number of carbonyl (C=O) groups excluding carboxylic acids is 2. The van der Waals surface area contributed by atoms with E-state index in [0.717, 1.165) is 22.6 Å². The third-order valence-corrected chi connectivity index (χ3v) is 4.42. The molecule has 2 N–H and O–H groups in total. The van der Waals surface area contributed by atoms with Crippen molar-refractivity contribution >= 4 is 17.5 Å². The van der Waals surface area contributed by atoms with E-state index in [1.807, 2.05) is 48.5 Å². The van der Waals surface area contributed by atoms with Gasteiger partial charge in [-0.25, -0.2) is 0 Å². The van der Waals surface area contributed by atoms with Crippen molar-refractivity contribution in [3.05, 3.63) is 59.7 Å². The van der Waals surface area contributed by atoms with Crippen LogP contribution in [-0.2, 0) is 9.59 Å². The number of benzene rings is 2. The van der Waals surface area contributed by atoms with Crippen molar-refractivity contribution in [3.63, 3.8) is 0 Å². The van der Waals surface area contributed by atoms with Crippen molar-refractivity contribution in [1.82, 2.24) is 5.32 Å². The Morgan fingerprint density at radius 2 is 1.46 bits per heavy atom. The second-order valence-corrected chi connectivity index (χ2v) is 7.36. The largest absolute Gasteiger partial charge is 0.493 e. The summed E-state index contributed by atoms with van der Waals surface area (Å²) in [6.45, 7) is 8.61. The molecule has 2 aromatic rings. The van der Waals surface area contributed by atoms with Gasteiger partial charge in [0.25, 0.3) is 0 Å². The molecule has 150 valence electrons. The van der Waals surface area contributed by atoms with E-state index < -0.39 is 0 Å². The molecular formula is C23H30N2O3. The number of anilines is 1. The van der Waals surface area contributed by atoms with Crippen LogP contribution in [0.15, 0.2) is 48.5 Å². The number of nitrogens with one attached hydrogen (secondary N) is 2. The van der Waals surface area contributed by atoms with Crippen molar-refractivity contribution in [2.75, 3.05) is 18.5 Å². The summed E-state index contributed by atoms with van der Waals surface area (Å²) in [5, 5.41) is 5.65. The number of hydrogen-bond acceptors (Lipinski definition) is 3. The monoisotopic (exact) mass is 382 g/mol. The molecule has 0 aliphatic rings. The van der Waals surface area contributed by atoms with E-state index in [0.29, 0.717) is 11.8 Å². The maximum Gasteiger partial charge on any atom is 0.243 e. The Bertz CT molecular complexity index is 759. The highest BCUT2D eigenvalue weighted by Crippen LogP contribution is 2.32. The third kappa shape index (κ3) is 6.41. The highest BCUT2D eigenvalue weighted by molar-refractivity contribution is 5.96. The Morgan fingerprint density at radius 1 is 0.857 bits per heavy atom. The minimum absolute atomic E-state index is 0.0614. The van der Waals surface area contributed by atoms with Crippen LogP contribution >= 0.6 is 0 Å². The van der Waals surface area contributed by atoms with E-state index in [1.54, 1.807) is 0 Å². The molecule has 0 radical (unpaired) electrons. The van der Waals surface area contributed by atoms with Gasteiger partial charge in [-0.1, -0.05) is 64.1 Å². The van der Waals surface area contributed by atoms with Gasteiger partial charge in [0, 0.05) is 5.69 Å². The molecule has 0 bridgehead atoms. The van der Waals surface area contributed by atoms with Crippen molar-refractivity contribution in [1.29, 1.82) is 0 Å². The number of hydrogen-bond donors (Lipinski definition) is 2. The lowest BCUT2D eigenvalue weighted by molar-refractivity contribution is -0.124. The van der Waals surface area contributed by atoms with Gasteiger partial charge in [-0.15, -0.1) is 0 Å². The first-order valence-electron chi connectivity index (χ1n) is 9.75. The van der Waals surface area contributed by atoms with Crippen molar-refractivity contribution in [2.24, 2.45) is 0 Å². The average Bonchev–Trinajstić information content (AvgIpc) is 2.67. The summed E-state index contributed by atoms with van der Waals surface area (Å²) in [7, 11) is 0. The molecule has 5 heteroatoms. The fourth-order valence-electron chi connectivity index (χ4n) is 2.92. The van der Waals surface area contributed by atoms with Crippen molar-refractivity contribution in [2.45, 2.75) is 46.0 Å². The predicted octanol–water partition coefficient (Wildman–Crippen LogP) is 4.46. The molecule has 0 heterocycles. The first-order valence-corrected chi connectivity index (χ1v) is 9.75. The van der Waals surface area contributed by atoms with Crippen LogP contribution in [0.3, 0.4) is 0 Å². The first-order chi connectivity index (χ1) is 13.4. The Hall–Kier alpha value is -2.82. The molecule has 0 aromatic heterocycles. The topological polar surface area (TPSA) is 67.4 Å². The van der Waals surface area contributed by atoms with E-state index in [1.165, 1.54) is 0 Å². The van der Waals surface area contributed by atoms with E-state index in [2.05, 4.69) is 38.3 Å². The molecule has 0 fully saturated rings. The lowest BCUT2D eigenvalue weighted by Gasteiger charge is -2.20. The zero-order valence-corrected chi connectivity index (χ0v) is 17.1. The van der Waals surface area contributed by atoms with Crippen LogP contribution in [0.5, 0.6) is 5.75 Å². The van der Waals surface area contributed by atoms with Gasteiger partial charge in [0.15, 0.2) is 0 Å². The minimum atomic E-state index is -0.229. The molecule has 2 rings (SSSR count). The highest BCUT2D eigenvalue weighted by Gasteiger charge is 2.16. The second kappa shape index (κ2) is 10.5. The average molecular weight is 383 g/mol. The SMILES string of the molecule is CC(C)c1cccc(C(C)C)c1NC(=O)CNC(=O)CCOc1ccccc1. The summed E-state index contributed by atoms with van der Waals surface area (Å²) in [5.74, 6) is 0.858. The first kappa shape index (κ1) is 21.5. The van der Waals surface area contributed by atoms with Crippen LogP contribution in [0, 0.1) is 0 Å². The van der Waals surface area contributed by atoms with Gasteiger partial charge in [0.2, 0.25) is 11.8 Å². The molecule has 5 nitrogen and oxygen atoms in total. The van der Waals surface area contributed by atoms with Crippen LogP contribution < -0.4 is 15.4 Å². The third-order valence-electron chi connectivity index (χ3n) is 4.42. The number of amides is 2. The highest BCUT2D eigenvalue weighted by atomic mass is 16.5. The summed E-state index contributed by atoms with van der Waals surface area (Å²) in [6, 6.07) is 15.4. The normalized spacial score (nSPS) is 10.8. The number of ether oxygens (including phenoxy) is 1. The van der Waals surface area contributed by atoms with Crippen LogP contribution in [0.1, 0.15) is 57.1 Å². The lowest BCUT2D eigenvalue weighted by Crippen LogP contribution is -2.34. The van der Waals surface area contributed by atoms with Gasteiger partial charge < -0.3 is 15.4 Å². The molecule has 0 saturated carbocycles. The van der Waals surface area contributed by atoms with Crippen LogP contribution in [0.2, 0.25) is 0 Å². The quantitative estimate of drug-likeness (QED) is 0.673. The van der Waals surface area contributed by atoms with Gasteiger partial charge in [-0.05, 0) is 35.1 Å². The van der Waals surface area contributed by atoms with E-state index >= 15 is 0 Å². The maximum atomic E-state index is 12.4. The molecule has 0 spiro atoms. The second-order valence-electron chi connectivity index (χ2n) is 7.36. The Morgan fingerprint density at radius 3 is 2.04 bits per heavy atom. The molecule has 0 aliphatic heterocycles.